The number of hydrogen-bond donors (Lipinski definition) is 0. The van der Waals surface area contributed by atoms with Crippen LogP contribution >= 0.6 is 0 Å². The molecule has 0 bridgehead atoms. The number of benzene rings is 8. The molecule has 9 aromatic rings. The smallest absolute Gasteiger partial charge is 0.143 e. The van der Waals surface area contributed by atoms with Gasteiger partial charge in [-0.05, 0) is 72.2 Å². The van der Waals surface area contributed by atoms with Crippen molar-refractivity contribution >= 4 is 54.3 Å². The van der Waals surface area contributed by atoms with E-state index in [0.29, 0.717) is 21.5 Å². The zero-order chi connectivity index (χ0) is 44.0. The van der Waals surface area contributed by atoms with Gasteiger partial charge < -0.3 is 4.42 Å². The lowest BCUT2D eigenvalue weighted by molar-refractivity contribution is 0.670. The summed E-state index contributed by atoms with van der Waals surface area (Å²) < 4.78 is 165. The van der Waals surface area contributed by atoms with Crippen LogP contribution in [-0.4, -0.2) is 0 Å². The molecule has 200 valence electrons. The predicted octanol–water partition coefficient (Wildman–Crippen LogP) is 12.0. The van der Waals surface area contributed by atoms with Crippen LogP contribution in [0.1, 0.15) is 24.7 Å². The molecule has 0 atom stereocenters. The second-order valence-electron chi connectivity index (χ2n) is 9.85. The maximum absolute atomic E-state index is 9.75. The van der Waals surface area contributed by atoms with E-state index in [4.69, 9.17) is 25.0 Å². The van der Waals surface area contributed by atoms with Gasteiger partial charge in [0.2, 0.25) is 0 Å². The topological polar surface area (TPSA) is 13.1 Å². The third kappa shape index (κ3) is 3.58. The van der Waals surface area contributed by atoms with Crippen molar-refractivity contribution in [2.75, 3.05) is 0 Å². The van der Waals surface area contributed by atoms with Crippen molar-refractivity contribution in [2.45, 2.75) is 0 Å². The SMILES string of the molecule is [2H]c1c([2H])c([2H])c(-c2c(-c3c4ccccc4c(-c4c([2H])c([2H])c([2H])c5c([2H])c([2H])c([2H])c([2H])c45)c4ccccc34)c([2H])c([2H])c3c2oc2c([2H])c([2H])c([2H])c([2H])c23)c([2H])c1[2H]. The lowest BCUT2D eigenvalue weighted by atomic mass is 9.82. The molecule has 43 heavy (non-hydrogen) atoms. The van der Waals surface area contributed by atoms with Crippen molar-refractivity contribution in [1.82, 2.24) is 0 Å². The van der Waals surface area contributed by atoms with Gasteiger partial charge in [0.25, 0.3) is 0 Å². The van der Waals surface area contributed by atoms with Crippen LogP contribution in [0.15, 0.2) is 162 Å². The molecule has 0 radical (unpaired) electrons. The Balaban J connectivity index is 1.58. The van der Waals surface area contributed by atoms with E-state index in [1.165, 1.54) is 0 Å². The minimum absolute atomic E-state index is 0.0730. The van der Waals surface area contributed by atoms with Gasteiger partial charge in [-0.1, -0.05) is 145 Å². The Morgan fingerprint density at radius 2 is 0.977 bits per heavy atom. The number of hydrogen-bond acceptors (Lipinski definition) is 1. The van der Waals surface area contributed by atoms with Gasteiger partial charge >= 0.3 is 0 Å². The van der Waals surface area contributed by atoms with Gasteiger partial charge in [0, 0.05) is 16.3 Å². The fourth-order valence-electron chi connectivity index (χ4n) is 5.88. The second kappa shape index (κ2) is 9.44. The van der Waals surface area contributed by atoms with Crippen LogP contribution in [0.3, 0.4) is 0 Å². The molecule has 0 aliphatic rings. The molecule has 0 unspecified atom stereocenters. The molecule has 0 aliphatic heterocycles. The van der Waals surface area contributed by atoms with Crippen molar-refractivity contribution in [3.05, 3.63) is 157 Å². The summed E-state index contributed by atoms with van der Waals surface area (Å²) >= 11 is 0. The Labute approximate surface area is 274 Å². The molecule has 8 aromatic carbocycles. The molecular weight excluding hydrogens is 520 g/mol. The third-order valence-corrected chi connectivity index (χ3v) is 7.62. The molecule has 1 heterocycles. The molecule has 0 aliphatic carbocycles. The molecule has 0 amide bonds. The molecule has 1 nitrogen and oxygen atoms in total. The normalized spacial score (nSPS) is 17.6. The molecular formula is C42H26O. The zero-order valence-corrected chi connectivity index (χ0v) is 22.0. The fourth-order valence-corrected chi connectivity index (χ4v) is 5.88. The van der Waals surface area contributed by atoms with E-state index >= 15 is 0 Å². The summed E-state index contributed by atoms with van der Waals surface area (Å²) in [6.45, 7) is 0. The highest BCUT2D eigenvalue weighted by atomic mass is 16.3. The summed E-state index contributed by atoms with van der Waals surface area (Å²) in [7, 11) is 0. The highest BCUT2D eigenvalue weighted by Gasteiger charge is 2.22. The van der Waals surface area contributed by atoms with Crippen LogP contribution < -0.4 is 0 Å². The van der Waals surface area contributed by atoms with E-state index in [-0.39, 0.29) is 60.5 Å². The predicted molar refractivity (Wildman–Crippen MR) is 183 cm³/mol. The molecule has 0 saturated heterocycles. The standard InChI is InChI=1S/C42H26O/c1-2-14-28(15-3-1)39-37(26-25-36-30-18-10-11-24-38(30)43-42(36)39)41-34-21-8-6-19-32(34)40(33-20-7-9-22-35(33)41)31-23-12-16-27-13-4-5-17-29(27)31/h1-26H/i1D,2D,3D,4D,5D,10D,11D,12D,13D,14D,15D,16D,17D,18D,23D,24D,25D,26D. The van der Waals surface area contributed by atoms with E-state index in [1.807, 2.05) is 0 Å². The molecule has 1 aromatic heterocycles. The Kier molecular flexibility index (Phi) is 2.70. The van der Waals surface area contributed by atoms with E-state index in [1.54, 1.807) is 48.5 Å². The lowest BCUT2D eigenvalue weighted by Gasteiger charge is -2.20. The summed E-state index contributed by atoms with van der Waals surface area (Å²) in [5.74, 6) is 0. The van der Waals surface area contributed by atoms with Gasteiger partial charge in [-0.3, -0.25) is 0 Å². The van der Waals surface area contributed by atoms with Gasteiger partial charge in [0.1, 0.15) is 11.2 Å². The lowest BCUT2D eigenvalue weighted by Crippen LogP contribution is -1.93. The monoisotopic (exact) mass is 564 g/mol. The Morgan fingerprint density at radius 1 is 0.395 bits per heavy atom. The Bertz CT molecular complexity index is 3420. The van der Waals surface area contributed by atoms with E-state index in [0.717, 1.165) is 0 Å². The van der Waals surface area contributed by atoms with Gasteiger partial charge in [-0.25, -0.2) is 0 Å². The average molecular weight is 565 g/mol. The maximum atomic E-state index is 9.75. The van der Waals surface area contributed by atoms with Gasteiger partial charge in [0.05, 0.1) is 24.7 Å². The van der Waals surface area contributed by atoms with Crippen LogP contribution in [0, 0.1) is 0 Å². The summed E-state index contributed by atoms with van der Waals surface area (Å²) in [5, 5.41) is 0.307. The van der Waals surface area contributed by atoms with Gasteiger partial charge in [0.15, 0.2) is 0 Å². The Hall–Kier alpha value is -5.66. The largest absolute Gasteiger partial charge is 0.455 e. The van der Waals surface area contributed by atoms with Crippen LogP contribution in [0.25, 0.3) is 87.6 Å². The first kappa shape index (κ1) is 12.3. The third-order valence-electron chi connectivity index (χ3n) is 7.62. The van der Waals surface area contributed by atoms with Gasteiger partial charge in [-0.15, -0.1) is 0 Å². The molecule has 9 rings (SSSR count). The molecule has 0 fully saturated rings. The summed E-state index contributed by atoms with van der Waals surface area (Å²) in [6, 6.07) is 2.05. The fraction of sp³-hybridized carbons (Fsp3) is 0. The number of fused-ring (bicyclic) bond motifs is 6. The average Bonchev–Trinajstić information content (AvgIpc) is 3.66. The minimum atomic E-state index is -0.731. The first-order valence-electron chi connectivity index (χ1n) is 22.3. The first-order valence-corrected chi connectivity index (χ1v) is 13.3. The van der Waals surface area contributed by atoms with Crippen molar-refractivity contribution in [1.29, 1.82) is 0 Å². The highest BCUT2D eigenvalue weighted by molar-refractivity contribution is 6.25. The number of para-hydroxylation sites is 1. The minimum Gasteiger partial charge on any atom is -0.455 e. The number of furan rings is 1. The molecule has 0 N–H and O–H groups in total. The summed E-state index contributed by atoms with van der Waals surface area (Å²) in [4.78, 5) is 0. The van der Waals surface area contributed by atoms with E-state index in [9.17, 15) is 4.11 Å². The van der Waals surface area contributed by atoms with Crippen molar-refractivity contribution in [2.24, 2.45) is 0 Å². The van der Waals surface area contributed by atoms with Crippen LogP contribution in [0.2, 0.25) is 0 Å². The van der Waals surface area contributed by atoms with E-state index in [2.05, 4.69) is 0 Å². The highest BCUT2D eigenvalue weighted by Crippen LogP contribution is 2.49. The second-order valence-corrected chi connectivity index (χ2v) is 9.85. The number of rotatable bonds is 3. The molecule has 0 saturated carbocycles. The quantitative estimate of drug-likeness (QED) is 0.195. The first-order chi connectivity index (χ1) is 28.8. The maximum Gasteiger partial charge on any atom is 0.143 e. The van der Waals surface area contributed by atoms with Gasteiger partial charge in [-0.2, -0.15) is 0 Å². The van der Waals surface area contributed by atoms with Crippen LogP contribution in [0.4, 0.5) is 0 Å². The summed E-state index contributed by atoms with van der Waals surface area (Å²) in [5.41, 5.74) is -1.25. The zero-order valence-electron chi connectivity index (χ0n) is 40.0. The Morgan fingerprint density at radius 3 is 1.70 bits per heavy atom. The van der Waals surface area contributed by atoms with Crippen LogP contribution in [-0.2, 0) is 0 Å². The molecule has 0 spiro atoms. The summed E-state index contributed by atoms with van der Waals surface area (Å²) in [6.07, 6.45) is 0. The van der Waals surface area contributed by atoms with Crippen LogP contribution in [0.5, 0.6) is 0 Å². The van der Waals surface area contributed by atoms with E-state index < -0.39 is 114 Å². The van der Waals surface area contributed by atoms with Crippen molar-refractivity contribution in [3.8, 4) is 33.4 Å². The van der Waals surface area contributed by atoms with Crippen molar-refractivity contribution < 1.29 is 29.1 Å². The molecule has 1 heteroatoms. The van der Waals surface area contributed by atoms with Crippen molar-refractivity contribution in [3.63, 3.8) is 0 Å².